The van der Waals surface area contributed by atoms with Gasteiger partial charge < -0.3 is 0 Å². The predicted octanol–water partition coefficient (Wildman–Crippen LogP) is 3.71. The maximum atomic E-state index is 4.18. The van der Waals surface area contributed by atoms with Gasteiger partial charge >= 0.3 is 0 Å². The van der Waals surface area contributed by atoms with Gasteiger partial charge in [-0.1, -0.05) is 35.9 Å². The van der Waals surface area contributed by atoms with Gasteiger partial charge in [-0.15, -0.1) is 0 Å². The van der Waals surface area contributed by atoms with Gasteiger partial charge in [-0.2, -0.15) is 0 Å². The number of nitrogens with zero attached hydrogens (tertiary/aromatic N) is 1. The number of rotatable bonds is 1. The maximum Gasteiger partial charge on any atom is 0.0346 e. The van der Waals surface area contributed by atoms with Crippen LogP contribution in [0.1, 0.15) is 18.1 Å². The van der Waals surface area contributed by atoms with E-state index < -0.39 is 0 Å². The lowest BCUT2D eigenvalue weighted by atomic mass is 9.98. The SMILES string of the molecule is CC1=Cc2c(cccc2-c2cccnc2)C1. The first kappa shape index (κ1) is 9.34. The highest BCUT2D eigenvalue weighted by Crippen LogP contribution is 2.33. The molecule has 0 radical (unpaired) electrons. The van der Waals surface area contributed by atoms with Crippen molar-refractivity contribution in [3.8, 4) is 11.1 Å². The second-order valence-corrected chi connectivity index (χ2v) is 4.29. The van der Waals surface area contributed by atoms with Crippen molar-refractivity contribution < 1.29 is 0 Å². The van der Waals surface area contributed by atoms with Gasteiger partial charge in [-0.25, -0.2) is 0 Å². The van der Waals surface area contributed by atoms with Crippen molar-refractivity contribution in [2.24, 2.45) is 0 Å². The number of benzene rings is 1. The topological polar surface area (TPSA) is 12.9 Å². The van der Waals surface area contributed by atoms with Crippen molar-refractivity contribution in [3.63, 3.8) is 0 Å². The van der Waals surface area contributed by atoms with Gasteiger partial charge in [0.25, 0.3) is 0 Å². The molecule has 0 saturated carbocycles. The standard InChI is InChI=1S/C15H13N/c1-11-8-12-4-2-6-14(15(12)9-11)13-5-3-7-16-10-13/h2-7,9-10H,8H2,1H3. The summed E-state index contributed by atoms with van der Waals surface area (Å²) in [7, 11) is 0. The zero-order valence-corrected chi connectivity index (χ0v) is 9.27. The summed E-state index contributed by atoms with van der Waals surface area (Å²) in [5, 5.41) is 0. The van der Waals surface area contributed by atoms with Crippen LogP contribution in [0.3, 0.4) is 0 Å². The van der Waals surface area contributed by atoms with E-state index in [1.54, 1.807) is 0 Å². The van der Waals surface area contributed by atoms with Gasteiger partial charge in [0.1, 0.15) is 0 Å². The molecule has 1 heterocycles. The molecule has 1 aliphatic rings. The fourth-order valence-corrected chi connectivity index (χ4v) is 2.31. The van der Waals surface area contributed by atoms with E-state index in [9.17, 15) is 0 Å². The minimum Gasteiger partial charge on any atom is -0.264 e. The molecule has 1 aromatic heterocycles. The average Bonchev–Trinajstić information content (AvgIpc) is 2.70. The van der Waals surface area contributed by atoms with Crippen LogP contribution >= 0.6 is 0 Å². The molecule has 0 N–H and O–H groups in total. The van der Waals surface area contributed by atoms with Crippen LogP contribution < -0.4 is 0 Å². The quantitative estimate of drug-likeness (QED) is 0.694. The molecule has 0 spiro atoms. The van der Waals surface area contributed by atoms with Crippen LogP contribution in [0.5, 0.6) is 0 Å². The number of pyridine rings is 1. The molecule has 0 bridgehead atoms. The van der Waals surface area contributed by atoms with Crippen LogP contribution in [0.2, 0.25) is 0 Å². The molecule has 0 aliphatic heterocycles. The van der Waals surface area contributed by atoms with Gasteiger partial charge in [0.15, 0.2) is 0 Å². The summed E-state index contributed by atoms with van der Waals surface area (Å²) in [5.74, 6) is 0. The number of fused-ring (bicyclic) bond motifs is 1. The highest BCUT2D eigenvalue weighted by Gasteiger charge is 2.13. The zero-order chi connectivity index (χ0) is 11.0. The van der Waals surface area contributed by atoms with E-state index in [0.29, 0.717) is 0 Å². The Morgan fingerprint density at radius 1 is 1.12 bits per heavy atom. The fourth-order valence-electron chi connectivity index (χ4n) is 2.31. The molecule has 1 nitrogen and oxygen atoms in total. The lowest BCUT2D eigenvalue weighted by molar-refractivity contribution is 1.19. The van der Waals surface area contributed by atoms with Crippen molar-refractivity contribution in [1.29, 1.82) is 0 Å². The predicted molar refractivity (Wildman–Crippen MR) is 67.0 cm³/mol. The molecule has 0 atom stereocenters. The molecule has 2 aromatic rings. The minimum absolute atomic E-state index is 1.09. The van der Waals surface area contributed by atoms with Gasteiger partial charge in [-0.3, -0.25) is 4.98 Å². The third kappa shape index (κ3) is 1.45. The molecular formula is C15H13N. The number of allylic oxidation sites excluding steroid dienone is 1. The molecule has 1 aliphatic carbocycles. The summed E-state index contributed by atoms with van der Waals surface area (Å²) in [6.07, 6.45) is 7.12. The van der Waals surface area contributed by atoms with Gasteiger partial charge in [0, 0.05) is 18.0 Å². The Kier molecular flexibility index (Phi) is 2.10. The Bertz CT molecular complexity index is 553. The second-order valence-electron chi connectivity index (χ2n) is 4.29. The first-order valence-corrected chi connectivity index (χ1v) is 5.54. The van der Waals surface area contributed by atoms with Crippen LogP contribution in [-0.4, -0.2) is 4.98 Å². The van der Waals surface area contributed by atoms with Gasteiger partial charge in [0.2, 0.25) is 0 Å². The van der Waals surface area contributed by atoms with Gasteiger partial charge in [-0.05, 0) is 36.1 Å². The average molecular weight is 207 g/mol. The van der Waals surface area contributed by atoms with Gasteiger partial charge in [0.05, 0.1) is 0 Å². The highest BCUT2D eigenvalue weighted by molar-refractivity contribution is 5.80. The highest BCUT2D eigenvalue weighted by atomic mass is 14.6. The van der Waals surface area contributed by atoms with E-state index in [-0.39, 0.29) is 0 Å². The molecular weight excluding hydrogens is 194 g/mol. The second kappa shape index (κ2) is 3.60. The molecule has 3 rings (SSSR count). The van der Waals surface area contributed by atoms with Crippen LogP contribution in [0.25, 0.3) is 17.2 Å². The Hall–Kier alpha value is -1.89. The molecule has 16 heavy (non-hydrogen) atoms. The molecule has 1 heteroatoms. The monoisotopic (exact) mass is 207 g/mol. The van der Waals surface area contributed by atoms with E-state index >= 15 is 0 Å². The lowest BCUT2D eigenvalue weighted by Crippen LogP contribution is -1.87. The van der Waals surface area contributed by atoms with E-state index in [1.165, 1.54) is 27.8 Å². The Morgan fingerprint density at radius 3 is 2.88 bits per heavy atom. The summed E-state index contributed by atoms with van der Waals surface area (Å²) < 4.78 is 0. The summed E-state index contributed by atoms with van der Waals surface area (Å²) in [6.45, 7) is 2.19. The summed E-state index contributed by atoms with van der Waals surface area (Å²) >= 11 is 0. The van der Waals surface area contributed by atoms with Crippen molar-refractivity contribution in [2.45, 2.75) is 13.3 Å². The zero-order valence-electron chi connectivity index (χ0n) is 9.27. The summed E-state index contributed by atoms with van der Waals surface area (Å²) in [6, 6.07) is 10.6. The number of aromatic nitrogens is 1. The molecule has 0 unspecified atom stereocenters. The van der Waals surface area contributed by atoms with Crippen LogP contribution in [0.4, 0.5) is 0 Å². The first-order chi connectivity index (χ1) is 7.84. The molecule has 1 aromatic carbocycles. The van der Waals surface area contributed by atoms with Crippen LogP contribution in [0.15, 0.2) is 48.3 Å². The molecule has 78 valence electrons. The summed E-state index contributed by atoms with van der Waals surface area (Å²) in [5.41, 5.74) is 6.73. The van der Waals surface area contributed by atoms with E-state index in [1.807, 2.05) is 18.5 Å². The van der Waals surface area contributed by atoms with E-state index in [4.69, 9.17) is 0 Å². The number of hydrogen-bond donors (Lipinski definition) is 0. The first-order valence-electron chi connectivity index (χ1n) is 5.54. The normalized spacial score (nSPS) is 13.4. The lowest BCUT2D eigenvalue weighted by Gasteiger charge is -2.06. The van der Waals surface area contributed by atoms with E-state index in [2.05, 4.69) is 42.2 Å². The van der Waals surface area contributed by atoms with Crippen molar-refractivity contribution in [3.05, 3.63) is 59.4 Å². The van der Waals surface area contributed by atoms with Crippen molar-refractivity contribution in [2.75, 3.05) is 0 Å². The number of hydrogen-bond acceptors (Lipinski definition) is 1. The smallest absolute Gasteiger partial charge is 0.0346 e. The Labute approximate surface area is 95.5 Å². The maximum absolute atomic E-state index is 4.18. The molecule has 0 saturated heterocycles. The summed E-state index contributed by atoms with van der Waals surface area (Å²) in [4.78, 5) is 4.18. The largest absolute Gasteiger partial charge is 0.264 e. The fraction of sp³-hybridized carbons (Fsp3) is 0.133. The third-order valence-electron chi connectivity index (χ3n) is 3.03. The molecule has 0 fully saturated rings. The van der Waals surface area contributed by atoms with Crippen molar-refractivity contribution in [1.82, 2.24) is 4.98 Å². The van der Waals surface area contributed by atoms with Crippen LogP contribution in [-0.2, 0) is 6.42 Å². The van der Waals surface area contributed by atoms with Crippen LogP contribution in [0, 0.1) is 0 Å². The van der Waals surface area contributed by atoms with Crippen molar-refractivity contribution >= 4 is 6.08 Å². The Balaban J connectivity index is 2.20. The minimum atomic E-state index is 1.09. The molecule has 0 amide bonds. The Morgan fingerprint density at radius 2 is 2.06 bits per heavy atom. The third-order valence-corrected chi connectivity index (χ3v) is 3.03. The van der Waals surface area contributed by atoms with E-state index in [0.717, 1.165) is 6.42 Å².